The molecule has 1 amide bonds. The van der Waals surface area contributed by atoms with Gasteiger partial charge in [0.2, 0.25) is 0 Å². The Kier molecular flexibility index (Phi) is 4.95. The Hall–Kier alpha value is -2.30. The lowest BCUT2D eigenvalue weighted by molar-refractivity contribution is 0.0974. The summed E-state index contributed by atoms with van der Waals surface area (Å²) in [7, 11) is 0. The normalized spacial score (nSPS) is 15.3. The van der Waals surface area contributed by atoms with Gasteiger partial charge in [0.25, 0.3) is 5.91 Å². The van der Waals surface area contributed by atoms with Crippen LogP contribution in [0.25, 0.3) is 0 Å². The lowest BCUT2D eigenvalue weighted by atomic mass is 9.89. The van der Waals surface area contributed by atoms with E-state index in [-0.39, 0.29) is 11.6 Å². The topological polar surface area (TPSA) is 46.1 Å². The van der Waals surface area contributed by atoms with E-state index < -0.39 is 5.82 Å². The summed E-state index contributed by atoms with van der Waals surface area (Å²) in [5.41, 5.74) is 0.243. The predicted octanol–water partition coefficient (Wildman–Crippen LogP) is 3.84. The zero-order valence-electron chi connectivity index (χ0n) is 13.0. The van der Waals surface area contributed by atoms with E-state index in [2.05, 4.69) is 9.97 Å². The molecule has 1 saturated carbocycles. The van der Waals surface area contributed by atoms with E-state index in [9.17, 15) is 9.18 Å². The molecule has 0 radical (unpaired) electrons. The molecule has 2 heterocycles. The number of halogens is 1. The molecular weight excluding hydrogens is 293 g/mol. The molecule has 23 heavy (non-hydrogen) atoms. The smallest absolute Gasteiger partial charge is 0.278 e. The Morgan fingerprint density at radius 3 is 2.61 bits per heavy atom. The average molecular weight is 313 g/mol. The Balaban J connectivity index is 1.84. The highest BCUT2D eigenvalue weighted by Crippen LogP contribution is 2.26. The van der Waals surface area contributed by atoms with Gasteiger partial charge in [0.15, 0.2) is 0 Å². The maximum absolute atomic E-state index is 13.0. The van der Waals surface area contributed by atoms with Crippen molar-refractivity contribution >= 4 is 11.7 Å². The second-order valence-electron chi connectivity index (χ2n) is 5.97. The van der Waals surface area contributed by atoms with Gasteiger partial charge in [0.05, 0.1) is 6.20 Å². The standard InChI is InChI=1S/C18H20FN3O/c19-15-9-10-16(21-12-15)18(23)22(17-8-4-5-11-20-17)13-14-6-2-1-3-7-14/h4-5,8-12,14H,1-3,6-7,13H2. The van der Waals surface area contributed by atoms with Crippen LogP contribution in [0.1, 0.15) is 42.6 Å². The Morgan fingerprint density at radius 2 is 1.96 bits per heavy atom. The maximum atomic E-state index is 13.0. The van der Waals surface area contributed by atoms with E-state index in [1.807, 2.05) is 18.2 Å². The van der Waals surface area contributed by atoms with Gasteiger partial charge in [-0.2, -0.15) is 0 Å². The van der Waals surface area contributed by atoms with Crippen LogP contribution in [-0.2, 0) is 0 Å². The van der Waals surface area contributed by atoms with Crippen LogP contribution in [-0.4, -0.2) is 22.4 Å². The third-order valence-corrected chi connectivity index (χ3v) is 4.28. The summed E-state index contributed by atoms with van der Waals surface area (Å²) in [6.07, 6.45) is 8.71. The van der Waals surface area contributed by atoms with Crippen LogP contribution in [0.4, 0.5) is 10.2 Å². The highest BCUT2D eigenvalue weighted by molar-refractivity contribution is 6.04. The molecule has 120 valence electrons. The van der Waals surface area contributed by atoms with Crippen molar-refractivity contribution in [1.29, 1.82) is 0 Å². The second-order valence-corrected chi connectivity index (χ2v) is 5.97. The van der Waals surface area contributed by atoms with Crippen LogP contribution >= 0.6 is 0 Å². The summed E-state index contributed by atoms with van der Waals surface area (Å²) in [5, 5.41) is 0. The van der Waals surface area contributed by atoms with Crippen molar-refractivity contribution in [2.75, 3.05) is 11.4 Å². The summed E-state index contributed by atoms with van der Waals surface area (Å²) >= 11 is 0. The Morgan fingerprint density at radius 1 is 1.13 bits per heavy atom. The van der Waals surface area contributed by atoms with Gasteiger partial charge >= 0.3 is 0 Å². The summed E-state index contributed by atoms with van der Waals surface area (Å²) in [6.45, 7) is 0.634. The molecule has 3 rings (SSSR count). The van der Waals surface area contributed by atoms with E-state index in [0.29, 0.717) is 18.3 Å². The molecule has 1 aliphatic carbocycles. The second kappa shape index (κ2) is 7.31. The zero-order valence-corrected chi connectivity index (χ0v) is 13.0. The lowest BCUT2D eigenvalue weighted by Gasteiger charge is -2.29. The molecule has 0 atom stereocenters. The van der Waals surface area contributed by atoms with E-state index in [1.165, 1.54) is 31.4 Å². The third kappa shape index (κ3) is 3.92. The minimum Gasteiger partial charge on any atom is -0.291 e. The molecule has 2 aromatic heterocycles. The highest BCUT2D eigenvalue weighted by atomic mass is 19.1. The SMILES string of the molecule is O=C(c1ccc(F)cn1)N(CC1CCCCC1)c1ccccn1. The summed E-state index contributed by atoms with van der Waals surface area (Å²) in [4.78, 5) is 22.7. The van der Waals surface area contributed by atoms with Crippen molar-refractivity contribution in [3.05, 3.63) is 54.2 Å². The lowest BCUT2D eigenvalue weighted by Crippen LogP contribution is -2.37. The van der Waals surface area contributed by atoms with Crippen molar-refractivity contribution in [3.8, 4) is 0 Å². The first-order chi connectivity index (χ1) is 11.2. The quantitative estimate of drug-likeness (QED) is 0.861. The number of amides is 1. The Bertz CT molecular complexity index is 639. The first-order valence-corrected chi connectivity index (χ1v) is 8.08. The van der Waals surface area contributed by atoms with E-state index in [4.69, 9.17) is 0 Å². The number of nitrogens with zero attached hydrogens (tertiary/aromatic N) is 3. The molecule has 0 saturated heterocycles. The summed E-state index contributed by atoms with van der Waals surface area (Å²) in [5.74, 6) is 0.428. The zero-order chi connectivity index (χ0) is 16.1. The van der Waals surface area contributed by atoms with Crippen molar-refractivity contribution < 1.29 is 9.18 Å². The monoisotopic (exact) mass is 313 g/mol. The molecule has 0 bridgehead atoms. The molecule has 1 fully saturated rings. The van der Waals surface area contributed by atoms with Crippen LogP contribution in [0.2, 0.25) is 0 Å². The summed E-state index contributed by atoms with van der Waals surface area (Å²) < 4.78 is 13.0. The molecular formula is C18H20FN3O. The number of hydrogen-bond donors (Lipinski definition) is 0. The highest BCUT2D eigenvalue weighted by Gasteiger charge is 2.24. The number of pyridine rings is 2. The number of carbonyl (C=O) groups is 1. The summed E-state index contributed by atoms with van der Waals surface area (Å²) in [6, 6.07) is 8.20. The number of aromatic nitrogens is 2. The fourth-order valence-corrected chi connectivity index (χ4v) is 3.06. The number of anilines is 1. The van der Waals surface area contributed by atoms with E-state index in [0.717, 1.165) is 19.0 Å². The minimum atomic E-state index is -0.446. The van der Waals surface area contributed by atoms with Crippen LogP contribution < -0.4 is 4.90 Å². The van der Waals surface area contributed by atoms with Crippen molar-refractivity contribution in [1.82, 2.24) is 9.97 Å². The third-order valence-electron chi connectivity index (χ3n) is 4.28. The van der Waals surface area contributed by atoms with Gasteiger partial charge < -0.3 is 0 Å². The molecule has 2 aromatic rings. The number of hydrogen-bond acceptors (Lipinski definition) is 3. The van der Waals surface area contributed by atoms with Crippen molar-refractivity contribution in [2.45, 2.75) is 32.1 Å². The first-order valence-electron chi connectivity index (χ1n) is 8.08. The van der Waals surface area contributed by atoms with Crippen molar-refractivity contribution in [2.24, 2.45) is 5.92 Å². The molecule has 0 spiro atoms. The predicted molar refractivity (Wildman–Crippen MR) is 86.7 cm³/mol. The molecule has 0 unspecified atom stereocenters. The Labute approximate surface area is 135 Å². The average Bonchev–Trinajstić information content (AvgIpc) is 2.61. The maximum Gasteiger partial charge on any atom is 0.278 e. The van der Waals surface area contributed by atoms with E-state index in [1.54, 1.807) is 11.1 Å². The molecule has 0 N–H and O–H groups in total. The largest absolute Gasteiger partial charge is 0.291 e. The molecule has 4 nitrogen and oxygen atoms in total. The molecule has 5 heteroatoms. The van der Waals surface area contributed by atoms with Gasteiger partial charge in [-0.1, -0.05) is 25.3 Å². The van der Waals surface area contributed by atoms with Gasteiger partial charge in [0.1, 0.15) is 17.3 Å². The van der Waals surface area contributed by atoms with Crippen LogP contribution in [0.15, 0.2) is 42.7 Å². The van der Waals surface area contributed by atoms with Gasteiger partial charge in [-0.15, -0.1) is 0 Å². The van der Waals surface area contributed by atoms with Crippen LogP contribution in [0, 0.1) is 11.7 Å². The van der Waals surface area contributed by atoms with Crippen LogP contribution in [0.5, 0.6) is 0 Å². The number of rotatable bonds is 4. The minimum absolute atomic E-state index is 0.228. The van der Waals surface area contributed by atoms with Crippen molar-refractivity contribution in [3.63, 3.8) is 0 Å². The fraction of sp³-hybridized carbons (Fsp3) is 0.389. The molecule has 1 aliphatic rings. The van der Waals surface area contributed by atoms with Gasteiger partial charge in [-0.25, -0.2) is 14.4 Å². The van der Waals surface area contributed by atoms with Gasteiger partial charge in [-0.3, -0.25) is 9.69 Å². The number of carbonyl (C=O) groups excluding carboxylic acids is 1. The molecule has 0 aromatic carbocycles. The van der Waals surface area contributed by atoms with E-state index >= 15 is 0 Å². The first kappa shape index (κ1) is 15.6. The van der Waals surface area contributed by atoms with Crippen LogP contribution in [0.3, 0.4) is 0 Å². The van der Waals surface area contributed by atoms with Gasteiger partial charge in [-0.05, 0) is 43.0 Å². The van der Waals surface area contributed by atoms with Gasteiger partial charge in [0, 0.05) is 12.7 Å². The fourth-order valence-electron chi connectivity index (χ4n) is 3.06. The molecule has 0 aliphatic heterocycles.